The second-order valence-corrected chi connectivity index (χ2v) is 9.65. The van der Waals surface area contributed by atoms with Crippen LogP contribution in [0.5, 0.6) is 0 Å². The zero-order valence-corrected chi connectivity index (χ0v) is 16.6. The minimum Gasteiger partial charge on any atom is -0.466 e. The molecule has 0 bridgehead atoms. The van der Waals surface area contributed by atoms with Crippen molar-refractivity contribution >= 4 is 5.97 Å². The molecule has 3 fully saturated rings. The summed E-state index contributed by atoms with van der Waals surface area (Å²) in [4.78, 5) is 12.5. The number of aliphatic hydroxyl groups is 3. The molecule has 0 radical (unpaired) electrons. The summed E-state index contributed by atoms with van der Waals surface area (Å²) in [6.07, 6.45) is 7.50. The molecule has 0 aliphatic heterocycles. The average Bonchev–Trinajstić information content (AvgIpc) is 2.98. The number of aliphatic hydroxyl groups excluding tert-OH is 2. The number of carbonyl (C=O) groups excluding carboxylic acids is 1. The van der Waals surface area contributed by atoms with Crippen molar-refractivity contribution in [2.45, 2.75) is 76.9 Å². The van der Waals surface area contributed by atoms with Crippen LogP contribution in [0.25, 0.3) is 0 Å². The third-order valence-corrected chi connectivity index (χ3v) is 8.72. The van der Waals surface area contributed by atoms with Gasteiger partial charge in [0.2, 0.25) is 0 Å². The Morgan fingerprint density at radius 3 is 2.74 bits per heavy atom. The summed E-state index contributed by atoms with van der Waals surface area (Å²) in [7, 11) is 0. The van der Waals surface area contributed by atoms with E-state index in [9.17, 15) is 20.1 Å². The van der Waals surface area contributed by atoms with Gasteiger partial charge in [-0.05, 0) is 63.7 Å². The van der Waals surface area contributed by atoms with Crippen molar-refractivity contribution in [2.24, 2.45) is 28.6 Å². The number of fused-ring (bicyclic) bond motifs is 5. The zero-order chi connectivity index (χ0) is 19.4. The summed E-state index contributed by atoms with van der Waals surface area (Å²) in [5, 5.41) is 32.1. The van der Waals surface area contributed by atoms with E-state index < -0.39 is 17.1 Å². The number of ether oxygens (including phenoxy) is 1. The van der Waals surface area contributed by atoms with Crippen LogP contribution in [0, 0.1) is 28.6 Å². The van der Waals surface area contributed by atoms with Crippen molar-refractivity contribution < 1.29 is 24.9 Å². The summed E-state index contributed by atoms with van der Waals surface area (Å²) in [5.74, 6) is 0.335. The smallest absolute Gasteiger partial charge is 0.310 e. The van der Waals surface area contributed by atoms with Crippen LogP contribution < -0.4 is 0 Å². The molecule has 0 saturated heterocycles. The maximum absolute atomic E-state index is 12.5. The molecule has 3 N–H and O–H groups in total. The fourth-order valence-corrected chi connectivity index (χ4v) is 7.29. The predicted molar refractivity (Wildman–Crippen MR) is 101 cm³/mol. The lowest BCUT2D eigenvalue weighted by molar-refractivity contribution is -0.224. The Morgan fingerprint density at radius 1 is 1.26 bits per heavy atom. The maximum atomic E-state index is 12.5. The number of rotatable bonds is 3. The highest BCUT2D eigenvalue weighted by atomic mass is 16.5. The Bertz CT molecular complexity index is 645. The number of esters is 1. The van der Waals surface area contributed by atoms with Gasteiger partial charge in [0.15, 0.2) is 0 Å². The first-order chi connectivity index (χ1) is 12.8. The highest BCUT2D eigenvalue weighted by Gasteiger charge is 2.65. The lowest BCUT2D eigenvalue weighted by Crippen LogP contribution is -2.64. The van der Waals surface area contributed by atoms with Gasteiger partial charge in [-0.25, -0.2) is 0 Å². The second kappa shape index (κ2) is 6.57. The van der Waals surface area contributed by atoms with Gasteiger partial charge in [0, 0.05) is 17.3 Å². The van der Waals surface area contributed by atoms with Crippen molar-refractivity contribution in [1.82, 2.24) is 0 Å². The first-order valence-electron chi connectivity index (χ1n) is 10.7. The normalized spacial score (nSPS) is 48.9. The van der Waals surface area contributed by atoms with E-state index in [1.807, 2.05) is 6.92 Å². The largest absolute Gasteiger partial charge is 0.466 e. The van der Waals surface area contributed by atoms with Gasteiger partial charge in [-0.2, -0.15) is 0 Å². The van der Waals surface area contributed by atoms with Crippen molar-refractivity contribution in [3.05, 3.63) is 11.6 Å². The van der Waals surface area contributed by atoms with Gasteiger partial charge in [-0.3, -0.25) is 4.79 Å². The van der Waals surface area contributed by atoms with E-state index in [0.29, 0.717) is 38.2 Å². The van der Waals surface area contributed by atoms with E-state index in [2.05, 4.69) is 13.0 Å². The molecule has 5 heteroatoms. The molecule has 7 unspecified atom stereocenters. The first kappa shape index (κ1) is 19.4. The van der Waals surface area contributed by atoms with Gasteiger partial charge in [-0.15, -0.1) is 0 Å². The highest BCUT2D eigenvalue weighted by Crippen LogP contribution is 2.67. The molecule has 0 aromatic rings. The van der Waals surface area contributed by atoms with Crippen LogP contribution in [0.15, 0.2) is 11.6 Å². The summed E-state index contributed by atoms with van der Waals surface area (Å²) < 4.78 is 5.35. The van der Waals surface area contributed by atoms with Crippen LogP contribution in [-0.2, 0) is 9.53 Å². The lowest BCUT2D eigenvalue weighted by atomic mass is 9.44. The molecule has 7 atom stereocenters. The fourth-order valence-electron chi connectivity index (χ4n) is 7.29. The Morgan fingerprint density at radius 2 is 2.04 bits per heavy atom. The van der Waals surface area contributed by atoms with Crippen molar-refractivity contribution in [3.63, 3.8) is 0 Å². The van der Waals surface area contributed by atoms with E-state index in [0.717, 1.165) is 25.7 Å². The fraction of sp³-hybridized carbons (Fsp3) is 0.864. The Balaban J connectivity index is 1.65. The zero-order valence-electron chi connectivity index (χ0n) is 16.6. The molecule has 27 heavy (non-hydrogen) atoms. The molecular formula is C22H34O5. The highest BCUT2D eigenvalue weighted by molar-refractivity contribution is 5.75. The SMILES string of the molecule is CCOC(=O)C1CC=C2C3CCC4(O)CC(O)CCC4(CO)C3CCC21C. The molecule has 4 aliphatic rings. The standard InChI is InChI=1S/C22H34O5/c1-3-27-19(25)18-5-4-16-15-7-11-22(26)12-14(24)6-10-21(22,13-23)17(15)8-9-20(16,18)2/h4,14-15,17-18,23-24,26H,3,5-13H2,1-2H3. The van der Waals surface area contributed by atoms with Crippen LogP contribution in [0.1, 0.15) is 65.2 Å². The van der Waals surface area contributed by atoms with Crippen molar-refractivity contribution in [2.75, 3.05) is 13.2 Å². The third-order valence-electron chi connectivity index (χ3n) is 8.72. The van der Waals surface area contributed by atoms with Gasteiger partial charge in [0.1, 0.15) is 0 Å². The van der Waals surface area contributed by atoms with E-state index in [-0.39, 0.29) is 29.8 Å². The molecular weight excluding hydrogens is 344 g/mol. The molecule has 4 aliphatic carbocycles. The van der Waals surface area contributed by atoms with Crippen LogP contribution >= 0.6 is 0 Å². The number of allylic oxidation sites excluding steroid dienone is 2. The number of hydrogen-bond donors (Lipinski definition) is 3. The monoisotopic (exact) mass is 378 g/mol. The summed E-state index contributed by atoms with van der Waals surface area (Å²) in [6.45, 7) is 4.45. The summed E-state index contributed by atoms with van der Waals surface area (Å²) in [6, 6.07) is 0. The van der Waals surface area contributed by atoms with Crippen molar-refractivity contribution in [1.29, 1.82) is 0 Å². The topological polar surface area (TPSA) is 87.0 Å². The first-order valence-corrected chi connectivity index (χ1v) is 10.7. The third kappa shape index (κ3) is 2.57. The van der Waals surface area contributed by atoms with E-state index in [4.69, 9.17) is 4.74 Å². The minimum absolute atomic E-state index is 0.0251. The van der Waals surface area contributed by atoms with Gasteiger partial charge in [0.05, 0.1) is 30.8 Å². The molecule has 5 nitrogen and oxygen atoms in total. The van der Waals surface area contributed by atoms with E-state index in [1.165, 1.54) is 5.57 Å². The van der Waals surface area contributed by atoms with Crippen LogP contribution in [0.4, 0.5) is 0 Å². The molecule has 0 heterocycles. The van der Waals surface area contributed by atoms with Crippen LogP contribution in [0.2, 0.25) is 0 Å². The summed E-state index contributed by atoms with van der Waals surface area (Å²) >= 11 is 0. The van der Waals surface area contributed by atoms with E-state index in [1.54, 1.807) is 0 Å². The van der Waals surface area contributed by atoms with E-state index >= 15 is 0 Å². The van der Waals surface area contributed by atoms with Crippen LogP contribution in [-0.4, -0.2) is 46.2 Å². The Kier molecular flexibility index (Phi) is 4.72. The Labute approximate surface area is 161 Å². The van der Waals surface area contributed by atoms with Gasteiger partial charge >= 0.3 is 5.97 Å². The van der Waals surface area contributed by atoms with Gasteiger partial charge in [-0.1, -0.05) is 18.6 Å². The molecule has 3 saturated carbocycles. The molecule has 4 rings (SSSR count). The van der Waals surface area contributed by atoms with Crippen LogP contribution in [0.3, 0.4) is 0 Å². The maximum Gasteiger partial charge on any atom is 0.310 e. The molecule has 0 spiro atoms. The minimum atomic E-state index is -0.978. The number of carbonyl (C=O) groups is 1. The van der Waals surface area contributed by atoms with Gasteiger partial charge in [0.25, 0.3) is 0 Å². The molecule has 152 valence electrons. The second-order valence-electron chi connectivity index (χ2n) is 9.65. The predicted octanol–water partition coefficient (Wildman–Crippen LogP) is 2.58. The lowest BCUT2D eigenvalue weighted by Gasteiger charge is -2.63. The Hall–Kier alpha value is -0.910. The molecule has 0 aromatic heterocycles. The van der Waals surface area contributed by atoms with Gasteiger partial charge < -0.3 is 20.1 Å². The van der Waals surface area contributed by atoms with Crippen molar-refractivity contribution in [3.8, 4) is 0 Å². The molecule has 0 amide bonds. The summed E-state index contributed by atoms with van der Waals surface area (Å²) in [5.41, 5.74) is -0.307. The average molecular weight is 379 g/mol. The molecule has 0 aromatic carbocycles. The quantitative estimate of drug-likeness (QED) is 0.519. The number of hydrogen-bond acceptors (Lipinski definition) is 5.